The van der Waals surface area contributed by atoms with Crippen LogP contribution in [0.25, 0.3) is 5.65 Å². The molecule has 3 heterocycles. The molecule has 0 aliphatic carbocycles. The summed E-state index contributed by atoms with van der Waals surface area (Å²) in [5.74, 6) is -0.335. The Morgan fingerprint density at radius 2 is 2.00 bits per heavy atom. The van der Waals surface area contributed by atoms with Crippen LogP contribution in [0.15, 0.2) is 42.1 Å². The predicted molar refractivity (Wildman–Crippen MR) is 89.8 cm³/mol. The van der Waals surface area contributed by atoms with E-state index in [1.54, 1.807) is 22.9 Å². The van der Waals surface area contributed by atoms with Gasteiger partial charge in [-0.2, -0.15) is 4.68 Å². The van der Waals surface area contributed by atoms with Crippen molar-refractivity contribution in [2.24, 2.45) is 0 Å². The Kier molecular flexibility index (Phi) is 4.53. The lowest BCUT2D eigenvalue weighted by Crippen LogP contribution is -2.34. The second-order valence-electron chi connectivity index (χ2n) is 5.38. The molecule has 0 aromatic carbocycles. The van der Waals surface area contributed by atoms with Crippen LogP contribution >= 0.6 is 0 Å². The molecule has 0 unspecified atom stereocenters. The standard InChI is InChI=1S/C15H18N6O3S/c1-3-19(4-2)15(22)21-11-16-14(18-21)25(23,24)10-12-9-20-8-6-5-7-13(20)17-12/h5-9,11H,3-4,10H2,1-2H3. The Balaban J connectivity index is 1.84. The Bertz CT molecular complexity index is 970. The molecule has 0 atom stereocenters. The summed E-state index contributed by atoms with van der Waals surface area (Å²) in [5.41, 5.74) is 1.04. The Morgan fingerprint density at radius 1 is 1.24 bits per heavy atom. The molecule has 0 bridgehead atoms. The van der Waals surface area contributed by atoms with E-state index in [0.29, 0.717) is 24.4 Å². The van der Waals surface area contributed by atoms with Gasteiger partial charge in [0.2, 0.25) is 9.84 Å². The summed E-state index contributed by atoms with van der Waals surface area (Å²) in [6, 6.07) is 5.02. The van der Waals surface area contributed by atoms with Crippen LogP contribution in [0.3, 0.4) is 0 Å². The lowest BCUT2D eigenvalue weighted by atomic mass is 10.5. The normalized spacial score (nSPS) is 11.8. The first-order valence-electron chi connectivity index (χ1n) is 7.81. The summed E-state index contributed by atoms with van der Waals surface area (Å²) in [4.78, 5) is 21.8. The van der Waals surface area contributed by atoms with Crippen molar-refractivity contribution >= 4 is 21.5 Å². The Labute approximate surface area is 144 Å². The van der Waals surface area contributed by atoms with Gasteiger partial charge in [0.25, 0.3) is 5.16 Å². The van der Waals surface area contributed by atoms with Crippen LogP contribution in [0.1, 0.15) is 19.5 Å². The summed E-state index contributed by atoms with van der Waals surface area (Å²) >= 11 is 0. The van der Waals surface area contributed by atoms with E-state index in [0.717, 1.165) is 11.0 Å². The number of hydrogen-bond donors (Lipinski definition) is 0. The summed E-state index contributed by atoms with van der Waals surface area (Å²) in [6.07, 6.45) is 4.55. The smallest absolute Gasteiger partial charge is 0.323 e. The van der Waals surface area contributed by atoms with E-state index >= 15 is 0 Å². The minimum Gasteiger partial charge on any atom is -0.323 e. The summed E-state index contributed by atoms with van der Waals surface area (Å²) < 4.78 is 27.7. The quantitative estimate of drug-likeness (QED) is 0.676. The van der Waals surface area contributed by atoms with E-state index in [9.17, 15) is 13.2 Å². The average molecular weight is 362 g/mol. The highest BCUT2D eigenvalue weighted by Gasteiger charge is 2.24. The molecule has 132 valence electrons. The minimum atomic E-state index is -3.80. The summed E-state index contributed by atoms with van der Waals surface area (Å²) in [6.45, 7) is 4.66. The number of sulfone groups is 1. The van der Waals surface area contributed by atoms with Gasteiger partial charge in [0, 0.05) is 25.5 Å². The van der Waals surface area contributed by atoms with E-state index in [-0.39, 0.29) is 10.9 Å². The first-order valence-corrected chi connectivity index (χ1v) is 9.46. The van der Waals surface area contributed by atoms with Crippen LogP contribution in [0.2, 0.25) is 0 Å². The fourth-order valence-electron chi connectivity index (χ4n) is 2.44. The van der Waals surface area contributed by atoms with Crippen molar-refractivity contribution in [1.29, 1.82) is 0 Å². The van der Waals surface area contributed by atoms with Crippen molar-refractivity contribution in [3.8, 4) is 0 Å². The minimum absolute atomic E-state index is 0.335. The molecule has 0 fully saturated rings. The van der Waals surface area contributed by atoms with Gasteiger partial charge in [-0.1, -0.05) is 6.07 Å². The molecule has 3 aromatic heterocycles. The molecule has 0 radical (unpaired) electrons. The summed E-state index contributed by atoms with van der Waals surface area (Å²) in [7, 11) is -3.80. The van der Waals surface area contributed by atoms with Gasteiger partial charge in [-0.3, -0.25) is 0 Å². The van der Waals surface area contributed by atoms with Gasteiger partial charge in [-0.05, 0) is 26.0 Å². The first kappa shape index (κ1) is 17.1. The molecule has 0 aliphatic rings. The molecule has 1 amide bonds. The third-order valence-corrected chi connectivity index (χ3v) is 5.15. The largest absolute Gasteiger partial charge is 0.346 e. The van der Waals surface area contributed by atoms with E-state index in [2.05, 4.69) is 15.1 Å². The van der Waals surface area contributed by atoms with Gasteiger partial charge in [-0.25, -0.2) is 23.2 Å². The van der Waals surface area contributed by atoms with Crippen molar-refractivity contribution in [2.75, 3.05) is 13.1 Å². The maximum Gasteiger partial charge on any atom is 0.346 e. The number of nitrogens with zero attached hydrogens (tertiary/aromatic N) is 6. The van der Waals surface area contributed by atoms with E-state index in [1.807, 2.05) is 26.0 Å². The van der Waals surface area contributed by atoms with Gasteiger partial charge in [0.15, 0.2) is 0 Å². The maximum absolute atomic E-state index is 12.5. The van der Waals surface area contributed by atoms with Gasteiger partial charge >= 0.3 is 6.03 Å². The fourth-order valence-corrected chi connectivity index (χ4v) is 3.52. The third-order valence-electron chi connectivity index (χ3n) is 3.73. The van der Waals surface area contributed by atoms with Crippen LogP contribution in [-0.4, -0.2) is 56.6 Å². The number of pyridine rings is 1. The van der Waals surface area contributed by atoms with Crippen molar-refractivity contribution in [1.82, 2.24) is 29.0 Å². The lowest BCUT2D eigenvalue weighted by Gasteiger charge is -2.17. The number of imidazole rings is 1. The maximum atomic E-state index is 12.5. The lowest BCUT2D eigenvalue weighted by molar-refractivity contribution is 0.201. The first-order chi connectivity index (χ1) is 11.9. The Morgan fingerprint density at radius 3 is 2.68 bits per heavy atom. The number of aromatic nitrogens is 5. The van der Waals surface area contributed by atoms with Crippen molar-refractivity contribution in [3.05, 3.63) is 42.6 Å². The zero-order chi connectivity index (χ0) is 18.0. The fraction of sp³-hybridized carbons (Fsp3) is 0.333. The van der Waals surface area contributed by atoms with Crippen LogP contribution in [0.4, 0.5) is 4.79 Å². The monoisotopic (exact) mass is 362 g/mol. The molecular weight excluding hydrogens is 344 g/mol. The number of carbonyl (C=O) groups excluding carboxylic acids is 1. The van der Waals surface area contributed by atoms with E-state index in [4.69, 9.17) is 0 Å². The highest BCUT2D eigenvalue weighted by Crippen LogP contribution is 2.13. The van der Waals surface area contributed by atoms with Crippen molar-refractivity contribution in [3.63, 3.8) is 0 Å². The molecular formula is C15H18N6O3S. The number of amides is 1. The van der Waals surface area contributed by atoms with Crippen molar-refractivity contribution in [2.45, 2.75) is 24.8 Å². The molecule has 0 spiro atoms. The molecule has 10 heteroatoms. The molecule has 0 saturated heterocycles. The highest BCUT2D eigenvalue weighted by molar-refractivity contribution is 7.90. The third kappa shape index (κ3) is 3.38. The molecule has 0 N–H and O–H groups in total. The second kappa shape index (κ2) is 6.63. The van der Waals surface area contributed by atoms with Gasteiger partial charge in [-0.15, -0.1) is 5.10 Å². The Hall–Kier alpha value is -2.75. The van der Waals surface area contributed by atoms with Crippen LogP contribution in [0.5, 0.6) is 0 Å². The predicted octanol–water partition coefficient (Wildman–Crippen LogP) is 1.21. The number of carbonyl (C=O) groups is 1. The van der Waals surface area contributed by atoms with Crippen LogP contribution < -0.4 is 0 Å². The SMILES string of the molecule is CCN(CC)C(=O)n1cnc(S(=O)(=O)Cc2cn3ccccc3n2)n1. The zero-order valence-electron chi connectivity index (χ0n) is 13.9. The average Bonchev–Trinajstić information content (AvgIpc) is 3.22. The zero-order valence-corrected chi connectivity index (χ0v) is 14.7. The molecule has 9 nitrogen and oxygen atoms in total. The molecule has 3 aromatic rings. The van der Waals surface area contributed by atoms with E-state index in [1.165, 1.54) is 4.90 Å². The molecule has 3 rings (SSSR count). The van der Waals surface area contributed by atoms with Gasteiger partial charge < -0.3 is 9.30 Å². The topological polar surface area (TPSA) is 102 Å². The molecule has 0 saturated carbocycles. The highest BCUT2D eigenvalue weighted by atomic mass is 32.2. The number of hydrogen-bond acceptors (Lipinski definition) is 6. The summed E-state index contributed by atoms with van der Waals surface area (Å²) in [5, 5.41) is 3.46. The van der Waals surface area contributed by atoms with Gasteiger partial charge in [0.1, 0.15) is 17.7 Å². The van der Waals surface area contributed by atoms with E-state index < -0.39 is 15.9 Å². The van der Waals surface area contributed by atoms with Crippen molar-refractivity contribution < 1.29 is 13.2 Å². The number of rotatable bonds is 5. The second-order valence-corrected chi connectivity index (χ2v) is 7.27. The van der Waals surface area contributed by atoms with Crippen LogP contribution in [-0.2, 0) is 15.6 Å². The number of fused-ring (bicyclic) bond motifs is 1. The van der Waals surface area contributed by atoms with Gasteiger partial charge in [0.05, 0.1) is 5.69 Å². The molecule has 0 aliphatic heterocycles. The van der Waals surface area contributed by atoms with Crippen LogP contribution in [0, 0.1) is 0 Å². The molecule has 25 heavy (non-hydrogen) atoms.